The van der Waals surface area contributed by atoms with Crippen molar-refractivity contribution in [3.8, 4) is 0 Å². The molecule has 0 fully saturated rings. The molecule has 28 heavy (non-hydrogen) atoms. The largest absolute Gasteiger partial charge is 0.339 e. The number of nitro groups is 1. The highest BCUT2D eigenvalue weighted by Crippen LogP contribution is 2.30. The summed E-state index contributed by atoms with van der Waals surface area (Å²) in [6, 6.07) is 12.6. The fourth-order valence-corrected chi connectivity index (χ4v) is 3.10. The van der Waals surface area contributed by atoms with Crippen LogP contribution in [0.15, 0.2) is 53.0 Å². The molecule has 0 aromatic heterocycles. The molecule has 0 aliphatic carbocycles. The number of nitrogens with one attached hydrogen (secondary N) is 3. The lowest BCUT2D eigenvalue weighted by Crippen LogP contribution is -2.56. The Labute approximate surface area is 189 Å². The Morgan fingerprint density at radius 3 is 2.32 bits per heavy atom. The average molecular weight is 527 g/mol. The van der Waals surface area contributed by atoms with Gasteiger partial charge in [-0.15, -0.1) is 0 Å². The highest BCUT2D eigenvalue weighted by Gasteiger charge is 2.35. The molecule has 0 heterocycles. The number of nitro benzene ring substituents is 1. The van der Waals surface area contributed by atoms with Gasteiger partial charge >= 0.3 is 0 Å². The monoisotopic (exact) mass is 524 g/mol. The maximum absolute atomic E-state index is 12.5. The zero-order chi connectivity index (χ0) is 20.9. The zero-order valence-corrected chi connectivity index (χ0v) is 18.5. The molecule has 0 bridgehead atoms. The third-order valence-electron chi connectivity index (χ3n) is 3.35. The SMILES string of the molecule is O=C(NC(NC(=S)Nc1ccccc1[N+](=O)[O-])C(Cl)(Cl)Cl)c1ccccc1Br. The third-order valence-corrected chi connectivity index (χ3v) is 4.91. The van der Waals surface area contributed by atoms with Crippen LogP contribution >= 0.6 is 63.0 Å². The van der Waals surface area contributed by atoms with Gasteiger partial charge in [-0.25, -0.2) is 0 Å². The summed E-state index contributed by atoms with van der Waals surface area (Å²) >= 11 is 26.2. The Kier molecular flexibility index (Phi) is 7.85. The number of hydrogen-bond donors (Lipinski definition) is 3. The van der Waals surface area contributed by atoms with Crippen molar-refractivity contribution in [1.82, 2.24) is 10.6 Å². The molecule has 148 valence electrons. The molecule has 1 atom stereocenters. The average Bonchev–Trinajstić information content (AvgIpc) is 2.60. The maximum atomic E-state index is 12.5. The number of anilines is 1. The van der Waals surface area contributed by atoms with Gasteiger partial charge in [0.25, 0.3) is 11.6 Å². The quantitative estimate of drug-likeness (QED) is 0.171. The number of hydrogen-bond acceptors (Lipinski definition) is 4. The molecule has 7 nitrogen and oxygen atoms in total. The Balaban J connectivity index is 2.15. The van der Waals surface area contributed by atoms with Gasteiger partial charge in [0.1, 0.15) is 11.9 Å². The van der Waals surface area contributed by atoms with E-state index in [2.05, 4.69) is 31.9 Å². The summed E-state index contributed by atoms with van der Waals surface area (Å²) in [6.07, 6.45) is -1.22. The number of nitrogens with zero attached hydrogens (tertiary/aromatic N) is 1. The van der Waals surface area contributed by atoms with E-state index in [1.165, 1.54) is 18.2 Å². The van der Waals surface area contributed by atoms with Gasteiger partial charge in [-0.05, 0) is 46.3 Å². The summed E-state index contributed by atoms with van der Waals surface area (Å²) in [4.78, 5) is 23.0. The molecule has 0 spiro atoms. The number of halogens is 4. The summed E-state index contributed by atoms with van der Waals surface area (Å²) < 4.78 is -1.41. The summed E-state index contributed by atoms with van der Waals surface area (Å²) in [5, 5.41) is 18.8. The number of rotatable bonds is 5. The fourth-order valence-electron chi connectivity index (χ4n) is 2.08. The first-order valence-corrected chi connectivity index (χ1v) is 9.86. The zero-order valence-electron chi connectivity index (χ0n) is 13.8. The van der Waals surface area contributed by atoms with Gasteiger partial charge in [-0.3, -0.25) is 14.9 Å². The first-order chi connectivity index (χ1) is 13.1. The molecule has 12 heteroatoms. The number of thiocarbonyl (C=S) groups is 1. The third kappa shape index (κ3) is 6.18. The van der Waals surface area contributed by atoms with Crippen molar-refractivity contribution in [3.05, 3.63) is 68.7 Å². The van der Waals surface area contributed by atoms with Gasteiger partial charge in [0.15, 0.2) is 5.11 Å². The van der Waals surface area contributed by atoms with E-state index < -0.39 is 20.8 Å². The lowest BCUT2D eigenvalue weighted by molar-refractivity contribution is -0.383. The van der Waals surface area contributed by atoms with Crippen LogP contribution in [0.1, 0.15) is 10.4 Å². The van der Waals surface area contributed by atoms with Crippen molar-refractivity contribution in [3.63, 3.8) is 0 Å². The Hall–Kier alpha value is -1.65. The molecule has 1 unspecified atom stereocenters. The van der Waals surface area contributed by atoms with E-state index in [0.29, 0.717) is 10.0 Å². The molecule has 0 radical (unpaired) electrons. The van der Waals surface area contributed by atoms with Gasteiger partial charge in [0, 0.05) is 10.5 Å². The van der Waals surface area contributed by atoms with E-state index in [0.717, 1.165) is 0 Å². The van der Waals surface area contributed by atoms with Crippen molar-refractivity contribution < 1.29 is 9.72 Å². The van der Waals surface area contributed by atoms with E-state index in [1.54, 1.807) is 30.3 Å². The molecule has 3 N–H and O–H groups in total. The number of carbonyl (C=O) groups excluding carboxylic acids is 1. The van der Waals surface area contributed by atoms with Crippen LogP contribution in [0.25, 0.3) is 0 Å². The molecule has 0 saturated carbocycles. The number of alkyl halides is 3. The molecular weight excluding hydrogens is 515 g/mol. The number of benzene rings is 2. The normalized spacial score (nSPS) is 12.0. The molecular formula is C16H12BrCl3N4O3S. The van der Waals surface area contributed by atoms with Crippen molar-refractivity contribution in [1.29, 1.82) is 0 Å². The summed E-state index contributed by atoms with van der Waals surface area (Å²) in [6.45, 7) is 0. The van der Waals surface area contributed by atoms with Gasteiger partial charge in [0.05, 0.1) is 10.5 Å². The Bertz CT molecular complexity index is 911. The van der Waals surface area contributed by atoms with Crippen molar-refractivity contribution in [2.24, 2.45) is 0 Å². The summed E-state index contributed by atoms with van der Waals surface area (Å²) in [5.41, 5.74) is 0.278. The van der Waals surface area contributed by atoms with Gasteiger partial charge < -0.3 is 16.0 Å². The van der Waals surface area contributed by atoms with Crippen LogP contribution in [0.3, 0.4) is 0 Å². The minimum absolute atomic E-state index is 0.0851. The predicted octanol–water partition coefficient (Wildman–Crippen LogP) is 4.77. The standard InChI is InChI=1S/C16H12BrCl3N4O3S/c17-10-6-2-1-5-9(10)13(25)22-14(16(18,19)20)23-15(28)21-11-7-3-4-8-12(11)24(26)27/h1-8,14H,(H,22,25)(H2,21,23,28). The highest BCUT2D eigenvalue weighted by atomic mass is 79.9. The van der Waals surface area contributed by atoms with Gasteiger partial charge in [-0.1, -0.05) is 59.1 Å². The first kappa shape index (κ1) is 22.6. The van der Waals surface area contributed by atoms with E-state index in [9.17, 15) is 14.9 Å². The number of amides is 1. The maximum Gasteiger partial charge on any atom is 0.292 e. The van der Waals surface area contributed by atoms with Crippen LogP contribution in [-0.2, 0) is 0 Å². The number of carbonyl (C=O) groups is 1. The molecule has 2 aromatic rings. The molecule has 2 aromatic carbocycles. The molecule has 1 amide bonds. The van der Waals surface area contributed by atoms with Crippen LogP contribution in [0, 0.1) is 10.1 Å². The Morgan fingerprint density at radius 2 is 1.71 bits per heavy atom. The van der Waals surface area contributed by atoms with Crippen LogP contribution in [0.5, 0.6) is 0 Å². The molecule has 2 rings (SSSR count). The van der Waals surface area contributed by atoms with Crippen molar-refractivity contribution in [2.45, 2.75) is 9.96 Å². The first-order valence-electron chi connectivity index (χ1n) is 7.52. The van der Waals surface area contributed by atoms with E-state index in [1.807, 2.05) is 0 Å². The lowest BCUT2D eigenvalue weighted by atomic mass is 10.2. The van der Waals surface area contributed by atoms with Crippen LogP contribution in [0.4, 0.5) is 11.4 Å². The van der Waals surface area contributed by atoms with Gasteiger partial charge in [0.2, 0.25) is 3.79 Å². The summed E-state index contributed by atoms with van der Waals surface area (Å²) in [5.74, 6) is -0.523. The Morgan fingerprint density at radius 1 is 1.11 bits per heavy atom. The number of para-hydroxylation sites is 2. The topological polar surface area (TPSA) is 96.3 Å². The fraction of sp³-hybridized carbons (Fsp3) is 0.125. The lowest BCUT2D eigenvalue weighted by Gasteiger charge is -2.28. The predicted molar refractivity (Wildman–Crippen MR) is 118 cm³/mol. The molecule has 0 saturated heterocycles. The second kappa shape index (κ2) is 9.71. The van der Waals surface area contributed by atoms with E-state index in [-0.39, 0.29) is 16.5 Å². The molecule has 0 aliphatic heterocycles. The van der Waals surface area contributed by atoms with Crippen molar-refractivity contribution in [2.75, 3.05) is 5.32 Å². The van der Waals surface area contributed by atoms with E-state index in [4.69, 9.17) is 47.0 Å². The van der Waals surface area contributed by atoms with Crippen LogP contribution in [-0.4, -0.2) is 25.9 Å². The smallest absolute Gasteiger partial charge is 0.292 e. The molecule has 0 aliphatic rings. The van der Waals surface area contributed by atoms with Gasteiger partial charge in [-0.2, -0.15) is 0 Å². The highest BCUT2D eigenvalue weighted by molar-refractivity contribution is 9.10. The van der Waals surface area contributed by atoms with E-state index >= 15 is 0 Å². The minimum Gasteiger partial charge on any atom is -0.339 e. The minimum atomic E-state index is -1.97. The van der Waals surface area contributed by atoms with Crippen LogP contribution < -0.4 is 16.0 Å². The second-order valence-electron chi connectivity index (χ2n) is 5.30. The van der Waals surface area contributed by atoms with Crippen molar-refractivity contribution >= 4 is 85.3 Å². The van der Waals surface area contributed by atoms with Crippen LogP contribution in [0.2, 0.25) is 0 Å². The summed E-state index contributed by atoms with van der Waals surface area (Å²) in [7, 11) is 0. The second-order valence-corrected chi connectivity index (χ2v) is 8.93.